The third-order valence-corrected chi connectivity index (χ3v) is 4.93. The largest absolute Gasteiger partial charge is 0.305 e. The van der Waals surface area contributed by atoms with Crippen molar-refractivity contribution in [3.05, 3.63) is 0 Å². The summed E-state index contributed by atoms with van der Waals surface area (Å²) in [5.41, 5.74) is 0.314. The maximum absolute atomic E-state index is 12.2. The zero-order chi connectivity index (χ0) is 13.5. The van der Waals surface area contributed by atoms with Crippen LogP contribution in [0.2, 0.25) is 0 Å². The first-order valence-electron chi connectivity index (χ1n) is 7.68. The van der Waals surface area contributed by atoms with Crippen LogP contribution in [-0.4, -0.2) is 35.3 Å². The van der Waals surface area contributed by atoms with Gasteiger partial charge in [-0.15, -0.1) is 0 Å². The van der Waals surface area contributed by atoms with E-state index in [1.165, 1.54) is 37.0 Å². The summed E-state index contributed by atoms with van der Waals surface area (Å²) in [7, 11) is 0. The van der Waals surface area contributed by atoms with Crippen LogP contribution < -0.4 is 5.32 Å². The Labute approximate surface area is 114 Å². The number of hydrogen-bond donors (Lipinski definition) is 1. The molecule has 3 fully saturated rings. The van der Waals surface area contributed by atoms with Crippen LogP contribution in [0.15, 0.2) is 0 Å². The van der Waals surface area contributed by atoms with Crippen LogP contribution in [0.3, 0.4) is 0 Å². The highest BCUT2D eigenvalue weighted by atomic mass is 16.2. The van der Waals surface area contributed by atoms with E-state index in [-0.39, 0.29) is 23.9 Å². The minimum atomic E-state index is -0.258. The second-order valence-electron chi connectivity index (χ2n) is 6.84. The van der Waals surface area contributed by atoms with E-state index < -0.39 is 0 Å². The van der Waals surface area contributed by atoms with Crippen molar-refractivity contribution in [2.24, 2.45) is 5.41 Å². The molecule has 0 spiro atoms. The number of likely N-dealkylation sites (tertiary alicyclic amines) is 1. The predicted octanol–water partition coefficient (Wildman–Crippen LogP) is 1.84. The molecule has 4 heteroatoms. The van der Waals surface area contributed by atoms with Gasteiger partial charge in [0.1, 0.15) is 0 Å². The van der Waals surface area contributed by atoms with Crippen LogP contribution in [0.1, 0.15) is 58.3 Å². The molecule has 0 bridgehead atoms. The zero-order valence-electron chi connectivity index (χ0n) is 11.8. The molecule has 0 aromatic rings. The summed E-state index contributed by atoms with van der Waals surface area (Å²) in [6.45, 7) is 3.17. The van der Waals surface area contributed by atoms with E-state index in [2.05, 4.69) is 12.2 Å². The monoisotopic (exact) mass is 264 g/mol. The Morgan fingerprint density at radius 2 is 1.89 bits per heavy atom. The Kier molecular flexibility index (Phi) is 3.37. The van der Waals surface area contributed by atoms with Gasteiger partial charge in [-0.3, -0.25) is 14.5 Å². The van der Waals surface area contributed by atoms with Gasteiger partial charge in [-0.05, 0) is 31.1 Å². The van der Waals surface area contributed by atoms with Gasteiger partial charge in [0.05, 0.1) is 12.5 Å². The minimum absolute atomic E-state index is 0.0203. The van der Waals surface area contributed by atoms with Gasteiger partial charge >= 0.3 is 0 Å². The molecule has 0 aromatic carbocycles. The highest BCUT2D eigenvalue weighted by Crippen LogP contribution is 2.36. The normalized spacial score (nSPS) is 31.0. The molecular formula is C15H24N2O2. The molecule has 1 heterocycles. The van der Waals surface area contributed by atoms with Crippen molar-refractivity contribution in [2.75, 3.05) is 6.54 Å². The predicted molar refractivity (Wildman–Crippen MR) is 72.5 cm³/mol. The first-order valence-corrected chi connectivity index (χ1v) is 7.68. The fourth-order valence-electron chi connectivity index (χ4n) is 3.48. The van der Waals surface area contributed by atoms with E-state index in [0.29, 0.717) is 11.8 Å². The van der Waals surface area contributed by atoms with E-state index in [1.54, 1.807) is 0 Å². The summed E-state index contributed by atoms with van der Waals surface area (Å²) < 4.78 is 0. The maximum Gasteiger partial charge on any atom is 0.247 e. The van der Waals surface area contributed by atoms with E-state index in [4.69, 9.17) is 0 Å². The number of nitrogens with one attached hydrogen (secondary N) is 1. The Morgan fingerprint density at radius 3 is 2.53 bits per heavy atom. The van der Waals surface area contributed by atoms with Gasteiger partial charge in [0.25, 0.3) is 0 Å². The summed E-state index contributed by atoms with van der Waals surface area (Å²) >= 11 is 0. The Balaban J connectivity index is 1.55. The lowest BCUT2D eigenvalue weighted by atomic mass is 9.75. The van der Waals surface area contributed by atoms with Crippen LogP contribution in [0.5, 0.6) is 0 Å². The lowest BCUT2D eigenvalue weighted by Gasteiger charge is -2.34. The summed E-state index contributed by atoms with van der Waals surface area (Å²) in [5, 5.41) is 3.37. The molecule has 2 saturated carbocycles. The SMILES string of the molecule is CC1(CNC2CC(=O)N(C3CC3)C2=O)CCCCC1. The third-order valence-electron chi connectivity index (χ3n) is 4.93. The van der Waals surface area contributed by atoms with E-state index >= 15 is 0 Å². The summed E-state index contributed by atoms with van der Waals surface area (Å²) in [6, 6.07) is -0.0380. The van der Waals surface area contributed by atoms with E-state index in [0.717, 1.165) is 19.4 Å². The molecular weight excluding hydrogens is 240 g/mol. The fourth-order valence-corrected chi connectivity index (χ4v) is 3.48. The average Bonchev–Trinajstić information content (AvgIpc) is 3.16. The van der Waals surface area contributed by atoms with Crippen LogP contribution in [-0.2, 0) is 9.59 Å². The van der Waals surface area contributed by atoms with Gasteiger partial charge in [-0.2, -0.15) is 0 Å². The van der Waals surface area contributed by atoms with Crippen molar-refractivity contribution in [3.63, 3.8) is 0 Å². The molecule has 1 atom stereocenters. The molecule has 1 unspecified atom stereocenters. The first kappa shape index (κ1) is 13.1. The van der Waals surface area contributed by atoms with Crippen molar-refractivity contribution >= 4 is 11.8 Å². The summed E-state index contributed by atoms with van der Waals surface area (Å²) in [6.07, 6.45) is 8.78. The quantitative estimate of drug-likeness (QED) is 0.788. The van der Waals surface area contributed by atoms with Crippen molar-refractivity contribution in [2.45, 2.75) is 70.4 Å². The summed E-state index contributed by atoms with van der Waals surface area (Å²) in [4.78, 5) is 25.6. The van der Waals surface area contributed by atoms with Gasteiger partial charge in [0.2, 0.25) is 11.8 Å². The molecule has 4 nitrogen and oxygen atoms in total. The highest BCUT2D eigenvalue weighted by molar-refractivity contribution is 6.06. The number of amides is 2. The molecule has 1 saturated heterocycles. The van der Waals surface area contributed by atoms with Crippen LogP contribution in [0, 0.1) is 5.41 Å². The average molecular weight is 264 g/mol. The minimum Gasteiger partial charge on any atom is -0.305 e. The van der Waals surface area contributed by atoms with Crippen LogP contribution in [0.4, 0.5) is 0 Å². The van der Waals surface area contributed by atoms with Gasteiger partial charge in [-0.1, -0.05) is 26.2 Å². The standard InChI is InChI=1S/C15H24N2O2/c1-15(7-3-2-4-8-15)10-16-12-9-13(18)17(14(12)19)11-5-6-11/h11-12,16H,2-10H2,1H3. The number of carbonyl (C=O) groups excluding carboxylic acids is 2. The van der Waals surface area contributed by atoms with Crippen molar-refractivity contribution in [1.29, 1.82) is 0 Å². The third kappa shape index (κ3) is 2.69. The molecule has 1 aliphatic heterocycles. The molecule has 2 aliphatic carbocycles. The van der Waals surface area contributed by atoms with Crippen molar-refractivity contribution in [1.82, 2.24) is 10.2 Å². The number of hydrogen-bond acceptors (Lipinski definition) is 3. The lowest BCUT2D eigenvalue weighted by Crippen LogP contribution is -2.44. The summed E-state index contributed by atoms with van der Waals surface area (Å²) in [5.74, 6) is 0.0470. The molecule has 3 rings (SSSR count). The Bertz CT molecular complexity index is 384. The van der Waals surface area contributed by atoms with Crippen LogP contribution >= 0.6 is 0 Å². The van der Waals surface area contributed by atoms with Gasteiger partial charge in [-0.25, -0.2) is 0 Å². The van der Waals surface area contributed by atoms with Gasteiger partial charge in [0.15, 0.2) is 0 Å². The zero-order valence-corrected chi connectivity index (χ0v) is 11.8. The first-order chi connectivity index (χ1) is 9.09. The number of carbonyl (C=O) groups is 2. The Morgan fingerprint density at radius 1 is 1.21 bits per heavy atom. The molecule has 0 radical (unpaired) electrons. The number of rotatable bonds is 4. The second-order valence-corrected chi connectivity index (χ2v) is 6.84. The maximum atomic E-state index is 12.2. The highest BCUT2D eigenvalue weighted by Gasteiger charge is 2.46. The molecule has 106 valence electrons. The molecule has 3 aliphatic rings. The number of imide groups is 1. The van der Waals surface area contributed by atoms with Gasteiger partial charge in [0, 0.05) is 12.6 Å². The topological polar surface area (TPSA) is 49.4 Å². The fraction of sp³-hybridized carbons (Fsp3) is 0.867. The van der Waals surface area contributed by atoms with Crippen molar-refractivity contribution in [3.8, 4) is 0 Å². The van der Waals surface area contributed by atoms with Gasteiger partial charge < -0.3 is 5.32 Å². The molecule has 2 amide bonds. The smallest absolute Gasteiger partial charge is 0.247 e. The molecule has 1 N–H and O–H groups in total. The molecule has 19 heavy (non-hydrogen) atoms. The lowest BCUT2D eigenvalue weighted by molar-refractivity contribution is -0.139. The molecule has 0 aromatic heterocycles. The van der Waals surface area contributed by atoms with Crippen molar-refractivity contribution < 1.29 is 9.59 Å². The van der Waals surface area contributed by atoms with E-state index in [9.17, 15) is 9.59 Å². The number of nitrogens with zero attached hydrogens (tertiary/aromatic N) is 1. The second kappa shape index (κ2) is 4.89. The Hall–Kier alpha value is -0.900. The van der Waals surface area contributed by atoms with E-state index in [1.807, 2.05) is 0 Å². The van der Waals surface area contributed by atoms with Crippen LogP contribution in [0.25, 0.3) is 0 Å².